The third kappa shape index (κ3) is 3.32. The summed E-state index contributed by atoms with van der Waals surface area (Å²) in [6.07, 6.45) is 3.68. The number of aryl methyl sites for hydroxylation is 1. The lowest BCUT2D eigenvalue weighted by Crippen LogP contribution is -2.29. The highest BCUT2D eigenvalue weighted by Crippen LogP contribution is 2.35. The number of benzene rings is 1. The molecule has 1 unspecified atom stereocenters. The van der Waals surface area contributed by atoms with Crippen LogP contribution in [-0.4, -0.2) is 48.6 Å². The van der Waals surface area contributed by atoms with E-state index in [0.717, 1.165) is 30.9 Å². The molecule has 0 aliphatic carbocycles. The topological polar surface area (TPSA) is 73.7 Å². The minimum Gasteiger partial charge on any atom is -0.486 e. The van der Waals surface area contributed by atoms with Gasteiger partial charge in [-0.3, -0.25) is 0 Å². The van der Waals surface area contributed by atoms with Crippen LogP contribution in [0.3, 0.4) is 0 Å². The molecule has 2 aromatic rings. The lowest BCUT2D eigenvalue weighted by atomic mass is 10.1. The van der Waals surface area contributed by atoms with Gasteiger partial charge in [0.15, 0.2) is 11.5 Å². The summed E-state index contributed by atoms with van der Waals surface area (Å²) in [6.45, 7) is 6.96. The molecule has 1 atom stereocenters. The van der Waals surface area contributed by atoms with Crippen LogP contribution in [0.4, 0.5) is 0 Å². The summed E-state index contributed by atoms with van der Waals surface area (Å²) in [5.41, 5.74) is 1.12. The van der Waals surface area contributed by atoms with Gasteiger partial charge in [-0.1, -0.05) is 6.92 Å². The zero-order valence-corrected chi connectivity index (χ0v) is 16.5. The number of aromatic nitrogens is 2. The molecule has 1 aromatic carbocycles. The highest BCUT2D eigenvalue weighted by molar-refractivity contribution is 7.89. The smallest absolute Gasteiger partial charge is 0.243 e. The third-order valence-electron chi connectivity index (χ3n) is 5.20. The zero-order chi connectivity index (χ0) is 19.0. The zero-order valence-electron chi connectivity index (χ0n) is 15.7. The maximum atomic E-state index is 13.1. The van der Waals surface area contributed by atoms with E-state index in [4.69, 9.17) is 9.47 Å². The molecule has 27 heavy (non-hydrogen) atoms. The Labute approximate surface area is 160 Å². The van der Waals surface area contributed by atoms with Crippen LogP contribution >= 0.6 is 0 Å². The summed E-state index contributed by atoms with van der Waals surface area (Å²) in [5.74, 6) is 2.20. The Bertz CT molecular complexity index is 938. The van der Waals surface area contributed by atoms with Crippen molar-refractivity contribution in [2.75, 3.05) is 26.3 Å². The number of hydrogen-bond acceptors (Lipinski definition) is 5. The van der Waals surface area contributed by atoms with Gasteiger partial charge in [-0.15, -0.1) is 0 Å². The van der Waals surface area contributed by atoms with Crippen molar-refractivity contribution < 1.29 is 17.9 Å². The second-order valence-corrected chi connectivity index (χ2v) is 9.00. The highest BCUT2D eigenvalue weighted by Gasteiger charge is 2.35. The molecule has 4 rings (SSSR count). The van der Waals surface area contributed by atoms with Crippen LogP contribution in [0.15, 0.2) is 29.3 Å². The molecule has 1 saturated heterocycles. The first-order chi connectivity index (χ1) is 13.0. The Morgan fingerprint density at radius 1 is 1.22 bits per heavy atom. The van der Waals surface area contributed by atoms with E-state index in [-0.39, 0.29) is 10.8 Å². The van der Waals surface area contributed by atoms with Crippen LogP contribution in [0.25, 0.3) is 0 Å². The van der Waals surface area contributed by atoms with Crippen LogP contribution in [0.2, 0.25) is 0 Å². The van der Waals surface area contributed by atoms with E-state index in [9.17, 15) is 8.42 Å². The number of nitrogens with zero attached hydrogens (tertiary/aromatic N) is 3. The summed E-state index contributed by atoms with van der Waals surface area (Å²) in [5, 5.41) is 0. The summed E-state index contributed by atoms with van der Waals surface area (Å²) < 4.78 is 41.0. The van der Waals surface area contributed by atoms with Crippen LogP contribution < -0.4 is 9.47 Å². The van der Waals surface area contributed by atoms with Gasteiger partial charge in [-0.2, -0.15) is 4.31 Å². The standard InChI is InChI=1S/C19H25N3O4S/c1-3-7-22-14(2)12-20-19(22)15-6-8-21(13-15)27(23,24)16-4-5-17-18(11-16)26-10-9-25-17/h4-5,11-12,15H,3,6-10,13H2,1-2H3. The summed E-state index contributed by atoms with van der Waals surface area (Å²) in [6, 6.07) is 4.84. The summed E-state index contributed by atoms with van der Waals surface area (Å²) >= 11 is 0. The van der Waals surface area contributed by atoms with Crippen molar-refractivity contribution in [2.24, 2.45) is 0 Å². The molecule has 1 aromatic heterocycles. The van der Waals surface area contributed by atoms with Crippen molar-refractivity contribution in [3.63, 3.8) is 0 Å². The fourth-order valence-corrected chi connectivity index (χ4v) is 5.33. The van der Waals surface area contributed by atoms with Crippen molar-refractivity contribution in [2.45, 2.75) is 44.0 Å². The molecular weight excluding hydrogens is 366 g/mol. The normalized spacial score (nSPS) is 20.1. The largest absolute Gasteiger partial charge is 0.486 e. The molecule has 3 heterocycles. The third-order valence-corrected chi connectivity index (χ3v) is 7.06. The van der Waals surface area contributed by atoms with Gasteiger partial charge in [0.1, 0.15) is 19.0 Å². The highest BCUT2D eigenvalue weighted by atomic mass is 32.2. The molecule has 2 aliphatic heterocycles. The quantitative estimate of drug-likeness (QED) is 0.783. The summed E-state index contributed by atoms with van der Waals surface area (Å²) in [4.78, 5) is 4.82. The van der Waals surface area contributed by atoms with Crippen molar-refractivity contribution in [1.29, 1.82) is 0 Å². The number of ether oxygens (including phenoxy) is 2. The molecule has 0 N–H and O–H groups in total. The molecule has 0 amide bonds. The molecule has 146 valence electrons. The van der Waals surface area contributed by atoms with Gasteiger partial charge in [0.25, 0.3) is 0 Å². The fraction of sp³-hybridized carbons (Fsp3) is 0.526. The van der Waals surface area contributed by atoms with E-state index in [1.165, 1.54) is 0 Å². The van der Waals surface area contributed by atoms with Crippen molar-refractivity contribution >= 4 is 10.0 Å². The minimum atomic E-state index is -3.57. The van der Waals surface area contributed by atoms with Gasteiger partial charge in [-0.25, -0.2) is 13.4 Å². The van der Waals surface area contributed by atoms with Gasteiger partial charge in [-0.05, 0) is 31.9 Å². The second kappa shape index (κ2) is 7.16. The maximum absolute atomic E-state index is 13.1. The molecule has 0 saturated carbocycles. The number of fused-ring (bicyclic) bond motifs is 1. The van der Waals surface area contributed by atoms with Crippen molar-refractivity contribution in [3.8, 4) is 11.5 Å². The molecule has 0 bridgehead atoms. The lowest BCUT2D eigenvalue weighted by molar-refractivity contribution is 0.171. The number of sulfonamides is 1. The van der Waals surface area contributed by atoms with E-state index in [2.05, 4.69) is 16.5 Å². The average molecular weight is 391 g/mol. The van der Waals surface area contributed by atoms with Crippen LogP contribution in [0.1, 0.15) is 37.2 Å². The first-order valence-electron chi connectivity index (χ1n) is 9.42. The first kappa shape index (κ1) is 18.3. The van der Waals surface area contributed by atoms with Gasteiger partial charge in [0.05, 0.1) is 4.90 Å². The molecule has 8 heteroatoms. The molecule has 0 spiro atoms. The minimum absolute atomic E-state index is 0.122. The maximum Gasteiger partial charge on any atom is 0.243 e. The Balaban J connectivity index is 1.56. The molecular formula is C19H25N3O4S. The van der Waals surface area contributed by atoms with Crippen molar-refractivity contribution in [1.82, 2.24) is 13.9 Å². The Hall–Kier alpha value is -2.06. The fourth-order valence-electron chi connectivity index (χ4n) is 3.81. The van der Waals surface area contributed by atoms with E-state index in [0.29, 0.717) is 37.8 Å². The summed E-state index contributed by atoms with van der Waals surface area (Å²) in [7, 11) is -3.57. The van der Waals surface area contributed by atoms with E-state index < -0.39 is 10.0 Å². The number of hydrogen-bond donors (Lipinski definition) is 0. The molecule has 2 aliphatic rings. The Morgan fingerprint density at radius 2 is 2.00 bits per heavy atom. The average Bonchev–Trinajstić information content (AvgIpc) is 3.30. The van der Waals surface area contributed by atoms with Gasteiger partial charge in [0.2, 0.25) is 10.0 Å². The van der Waals surface area contributed by atoms with E-state index >= 15 is 0 Å². The predicted molar refractivity (Wildman–Crippen MR) is 101 cm³/mol. The Morgan fingerprint density at radius 3 is 2.78 bits per heavy atom. The van der Waals surface area contributed by atoms with Gasteiger partial charge >= 0.3 is 0 Å². The second-order valence-electron chi connectivity index (χ2n) is 7.06. The Kier molecular flexibility index (Phi) is 4.86. The van der Waals surface area contributed by atoms with Crippen LogP contribution in [0, 0.1) is 6.92 Å². The van der Waals surface area contributed by atoms with Crippen LogP contribution in [-0.2, 0) is 16.6 Å². The predicted octanol–water partition coefficient (Wildman–Crippen LogP) is 2.55. The van der Waals surface area contributed by atoms with Gasteiger partial charge < -0.3 is 14.0 Å². The SMILES string of the molecule is CCCn1c(C)cnc1C1CCN(S(=O)(=O)c2ccc3c(c2)OCCO3)C1. The molecule has 0 radical (unpaired) electrons. The number of imidazole rings is 1. The van der Waals surface area contributed by atoms with E-state index in [1.807, 2.05) is 13.1 Å². The van der Waals surface area contributed by atoms with Gasteiger partial charge in [0, 0.05) is 43.5 Å². The monoisotopic (exact) mass is 391 g/mol. The lowest BCUT2D eigenvalue weighted by Gasteiger charge is -2.21. The van der Waals surface area contributed by atoms with E-state index in [1.54, 1.807) is 22.5 Å². The molecule has 7 nitrogen and oxygen atoms in total. The number of rotatable bonds is 5. The van der Waals surface area contributed by atoms with Crippen molar-refractivity contribution in [3.05, 3.63) is 35.9 Å². The first-order valence-corrected chi connectivity index (χ1v) is 10.9. The molecule has 1 fully saturated rings. The van der Waals surface area contributed by atoms with Crippen LogP contribution in [0.5, 0.6) is 11.5 Å².